The molecule has 0 saturated carbocycles. The van der Waals surface area contributed by atoms with Crippen LogP contribution in [0, 0.1) is 10.1 Å². The van der Waals surface area contributed by atoms with Crippen molar-refractivity contribution in [3.05, 3.63) is 10.1 Å². The SMILES string of the molecule is CCCCCCCCCCCCCCCCC(O)[N+](=O)[O-]. The number of hydrogen-bond donors (Lipinski definition) is 1. The van der Waals surface area contributed by atoms with E-state index in [9.17, 15) is 10.1 Å². The molecule has 1 unspecified atom stereocenters. The van der Waals surface area contributed by atoms with Crippen LogP contribution in [0.15, 0.2) is 0 Å². The number of rotatable bonds is 16. The van der Waals surface area contributed by atoms with Gasteiger partial charge in [0, 0.05) is 6.42 Å². The predicted octanol–water partition coefficient (Wildman–Crippen LogP) is 5.45. The van der Waals surface area contributed by atoms with Gasteiger partial charge in [-0.3, -0.25) is 10.1 Å². The summed E-state index contributed by atoms with van der Waals surface area (Å²) in [5.41, 5.74) is 0. The van der Waals surface area contributed by atoms with Gasteiger partial charge in [-0.25, -0.2) is 0 Å². The molecule has 126 valence electrons. The van der Waals surface area contributed by atoms with Gasteiger partial charge in [0.25, 0.3) is 0 Å². The van der Waals surface area contributed by atoms with E-state index >= 15 is 0 Å². The minimum atomic E-state index is -1.36. The van der Waals surface area contributed by atoms with E-state index in [1.165, 1.54) is 70.6 Å². The molecule has 0 bridgehead atoms. The zero-order valence-corrected chi connectivity index (χ0v) is 13.9. The first-order valence-electron chi connectivity index (χ1n) is 9.00. The maximum atomic E-state index is 10.2. The molecule has 0 rings (SSSR count). The summed E-state index contributed by atoms with van der Waals surface area (Å²) < 4.78 is 0. The zero-order chi connectivity index (χ0) is 15.8. The number of hydrogen-bond acceptors (Lipinski definition) is 3. The minimum absolute atomic E-state index is 0.297. The topological polar surface area (TPSA) is 63.4 Å². The minimum Gasteiger partial charge on any atom is -0.333 e. The number of nitrogens with zero attached hydrogens (tertiary/aromatic N) is 1. The van der Waals surface area contributed by atoms with Crippen molar-refractivity contribution in [1.82, 2.24) is 0 Å². The highest BCUT2D eigenvalue weighted by Crippen LogP contribution is 2.13. The molecular formula is C17H35NO3. The number of nitro groups is 1. The summed E-state index contributed by atoms with van der Waals surface area (Å²) in [4.78, 5) is 9.61. The summed E-state index contributed by atoms with van der Waals surface area (Å²) in [7, 11) is 0. The molecule has 21 heavy (non-hydrogen) atoms. The Morgan fingerprint density at radius 2 is 1.10 bits per heavy atom. The Hall–Kier alpha value is -0.640. The van der Waals surface area contributed by atoms with E-state index in [4.69, 9.17) is 5.11 Å². The third-order valence-electron chi connectivity index (χ3n) is 4.06. The maximum absolute atomic E-state index is 10.2. The lowest BCUT2D eigenvalue weighted by Gasteiger charge is -2.04. The fraction of sp³-hybridized carbons (Fsp3) is 1.00. The first kappa shape index (κ1) is 20.4. The van der Waals surface area contributed by atoms with Crippen LogP contribution >= 0.6 is 0 Å². The Balaban J connectivity index is 3.04. The van der Waals surface area contributed by atoms with E-state index in [2.05, 4.69) is 6.92 Å². The summed E-state index contributed by atoms with van der Waals surface area (Å²) >= 11 is 0. The first-order chi connectivity index (χ1) is 10.2. The first-order valence-corrected chi connectivity index (χ1v) is 9.00. The molecule has 1 atom stereocenters. The molecule has 0 heterocycles. The molecule has 0 saturated heterocycles. The van der Waals surface area contributed by atoms with Crippen LogP contribution in [0.1, 0.15) is 103 Å². The largest absolute Gasteiger partial charge is 0.333 e. The lowest BCUT2D eigenvalue weighted by atomic mass is 10.0. The smallest absolute Gasteiger partial charge is 0.312 e. The van der Waals surface area contributed by atoms with Crippen molar-refractivity contribution in [3.8, 4) is 0 Å². The molecule has 0 aliphatic carbocycles. The molecule has 4 nitrogen and oxygen atoms in total. The molecule has 0 aromatic rings. The molecule has 0 aromatic carbocycles. The summed E-state index contributed by atoms with van der Waals surface area (Å²) in [5, 5.41) is 19.2. The van der Waals surface area contributed by atoms with Crippen molar-refractivity contribution in [2.75, 3.05) is 0 Å². The van der Waals surface area contributed by atoms with Crippen LogP contribution in [0.4, 0.5) is 0 Å². The lowest BCUT2D eigenvalue weighted by Crippen LogP contribution is -2.17. The van der Waals surface area contributed by atoms with Crippen molar-refractivity contribution < 1.29 is 10.0 Å². The van der Waals surface area contributed by atoms with Gasteiger partial charge in [-0.2, -0.15) is 0 Å². The highest BCUT2D eigenvalue weighted by molar-refractivity contribution is 4.50. The monoisotopic (exact) mass is 301 g/mol. The summed E-state index contributed by atoms with van der Waals surface area (Å²) in [6, 6.07) is 0. The third kappa shape index (κ3) is 15.6. The van der Waals surface area contributed by atoms with E-state index in [1.54, 1.807) is 0 Å². The number of aliphatic hydroxyl groups is 1. The lowest BCUT2D eigenvalue weighted by molar-refractivity contribution is -0.571. The van der Waals surface area contributed by atoms with Crippen LogP contribution in [0.2, 0.25) is 0 Å². The van der Waals surface area contributed by atoms with Crippen molar-refractivity contribution in [3.63, 3.8) is 0 Å². The van der Waals surface area contributed by atoms with E-state index in [0.717, 1.165) is 19.3 Å². The van der Waals surface area contributed by atoms with Crippen molar-refractivity contribution in [2.45, 2.75) is 109 Å². The Labute approximate surface area is 130 Å². The van der Waals surface area contributed by atoms with Gasteiger partial charge in [-0.15, -0.1) is 0 Å². The normalized spacial score (nSPS) is 12.5. The van der Waals surface area contributed by atoms with Crippen LogP contribution < -0.4 is 0 Å². The quantitative estimate of drug-likeness (QED) is 0.178. The van der Waals surface area contributed by atoms with Crippen LogP contribution in [-0.2, 0) is 0 Å². The highest BCUT2D eigenvalue weighted by atomic mass is 16.7. The van der Waals surface area contributed by atoms with Crippen LogP contribution in [0.5, 0.6) is 0 Å². The van der Waals surface area contributed by atoms with Gasteiger partial charge < -0.3 is 5.11 Å². The third-order valence-corrected chi connectivity index (χ3v) is 4.06. The molecule has 0 fully saturated rings. The fourth-order valence-electron chi connectivity index (χ4n) is 2.63. The van der Waals surface area contributed by atoms with E-state index in [-0.39, 0.29) is 0 Å². The second-order valence-electron chi connectivity index (χ2n) is 6.15. The van der Waals surface area contributed by atoms with Gasteiger partial charge in [0.2, 0.25) is 0 Å². The van der Waals surface area contributed by atoms with Gasteiger partial charge in [0.05, 0.1) is 4.92 Å². The molecule has 0 spiro atoms. The van der Waals surface area contributed by atoms with Gasteiger partial charge >= 0.3 is 6.23 Å². The predicted molar refractivity (Wildman–Crippen MR) is 87.9 cm³/mol. The summed E-state index contributed by atoms with van der Waals surface area (Å²) in [6.45, 7) is 2.25. The Kier molecular flexibility index (Phi) is 15.3. The van der Waals surface area contributed by atoms with E-state index < -0.39 is 11.2 Å². The second-order valence-corrected chi connectivity index (χ2v) is 6.15. The van der Waals surface area contributed by atoms with E-state index in [1.807, 2.05) is 0 Å². The van der Waals surface area contributed by atoms with E-state index in [0.29, 0.717) is 6.42 Å². The van der Waals surface area contributed by atoms with Gasteiger partial charge in [-0.1, -0.05) is 90.4 Å². The number of aliphatic hydroxyl groups excluding tert-OH is 1. The van der Waals surface area contributed by atoms with Crippen LogP contribution in [0.25, 0.3) is 0 Å². The molecular weight excluding hydrogens is 266 g/mol. The molecule has 0 amide bonds. The van der Waals surface area contributed by atoms with Crippen molar-refractivity contribution >= 4 is 0 Å². The van der Waals surface area contributed by atoms with Crippen LogP contribution in [-0.4, -0.2) is 16.3 Å². The van der Waals surface area contributed by atoms with Gasteiger partial charge in [0.15, 0.2) is 0 Å². The fourth-order valence-corrected chi connectivity index (χ4v) is 2.63. The molecule has 0 aliphatic heterocycles. The summed E-state index contributed by atoms with van der Waals surface area (Å²) in [6.07, 6.45) is 16.7. The molecule has 0 aliphatic rings. The number of unbranched alkanes of at least 4 members (excludes halogenated alkanes) is 13. The van der Waals surface area contributed by atoms with Gasteiger partial charge in [0.1, 0.15) is 0 Å². The zero-order valence-electron chi connectivity index (χ0n) is 13.9. The maximum Gasteiger partial charge on any atom is 0.312 e. The van der Waals surface area contributed by atoms with Crippen molar-refractivity contribution in [1.29, 1.82) is 0 Å². The molecule has 4 heteroatoms. The van der Waals surface area contributed by atoms with Gasteiger partial charge in [-0.05, 0) is 6.42 Å². The Morgan fingerprint density at radius 1 is 0.762 bits per heavy atom. The Bertz CT molecular complexity index is 234. The highest BCUT2D eigenvalue weighted by Gasteiger charge is 2.13. The average molecular weight is 301 g/mol. The molecule has 0 radical (unpaired) electrons. The second kappa shape index (κ2) is 15.7. The standard InChI is InChI=1S/C17H35NO3/c1-2-3-4-5-6-7-8-9-10-11-12-13-14-15-16-17(19)18(20)21/h17,19H,2-16H2,1H3. The summed E-state index contributed by atoms with van der Waals surface area (Å²) in [5.74, 6) is 0. The van der Waals surface area contributed by atoms with Crippen LogP contribution in [0.3, 0.4) is 0 Å². The Morgan fingerprint density at radius 3 is 1.43 bits per heavy atom. The molecule has 0 aromatic heterocycles. The average Bonchev–Trinajstić information content (AvgIpc) is 2.47. The van der Waals surface area contributed by atoms with Crippen molar-refractivity contribution in [2.24, 2.45) is 0 Å². The molecule has 1 N–H and O–H groups in total.